The highest BCUT2D eigenvalue weighted by atomic mass is 16.5. The van der Waals surface area contributed by atoms with Gasteiger partial charge in [0.05, 0.1) is 0 Å². The number of carbonyl (C=O) groups excluding carboxylic acids is 1. The minimum Gasteiger partial charge on any atom is -0.490 e. The summed E-state index contributed by atoms with van der Waals surface area (Å²) < 4.78 is 11.7. The Kier molecular flexibility index (Phi) is 4.21. The number of rotatable bonds is 6. The molecule has 2 aromatic rings. The van der Waals surface area contributed by atoms with Crippen LogP contribution in [0.4, 0.5) is 0 Å². The molecule has 1 N–H and O–H groups in total. The van der Waals surface area contributed by atoms with Crippen molar-refractivity contribution in [3.8, 4) is 5.75 Å². The van der Waals surface area contributed by atoms with Crippen LogP contribution >= 0.6 is 0 Å². The monoisotopic (exact) mass is 301 g/mol. The molecule has 22 heavy (non-hydrogen) atoms. The van der Waals surface area contributed by atoms with Crippen LogP contribution in [0.15, 0.2) is 28.7 Å². The van der Waals surface area contributed by atoms with Gasteiger partial charge in [-0.1, -0.05) is 20.8 Å². The fourth-order valence-electron chi connectivity index (χ4n) is 2.80. The highest BCUT2D eigenvalue weighted by molar-refractivity contribution is 5.98. The van der Waals surface area contributed by atoms with E-state index in [2.05, 4.69) is 12.2 Å². The van der Waals surface area contributed by atoms with Crippen LogP contribution in [0.1, 0.15) is 44.2 Å². The van der Waals surface area contributed by atoms with E-state index in [0.717, 1.165) is 30.5 Å². The molecule has 0 atom stereocenters. The molecule has 0 amide bonds. The van der Waals surface area contributed by atoms with Gasteiger partial charge in [0.15, 0.2) is 5.76 Å². The standard InChI is InChI=1S/C18H23NO3/c1-4-19-13-8-15(9-13)21-14-6-5-12-7-17(18(20)11(2)3)22-16(12)10-14/h5-7,10-11,13,15,19H,4,8-9H2,1-3H3/t13-,15+. The molecule has 0 saturated heterocycles. The summed E-state index contributed by atoms with van der Waals surface area (Å²) in [7, 11) is 0. The van der Waals surface area contributed by atoms with E-state index in [1.165, 1.54) is 0 Å². The second-order valence-electron chi connectivity index (χ2n) is 6.30. The third-order valence-electron chi connectivity index (χ3n) is 4.15. The largest absolute Gasteiger partial charge is 0.490 e. The fraction of sp³-hybridized carbons (Fsp3) is 0.500. The van der Waals surface area contributed by atoms with Crippen molar-refractivity contribution in [3.05, 3.63) is 30.0 Å². The Labute approximate surface area is 130 Å². The maximum Gasteiger partial charge on any atom is 0.200 e. The topological polar surface area (TPSA) is 51.5 Å². The molecule has 0 bridgehead atoms. The Morgan fingerprint density at radius 3 is 2.82 bits per heavy atom. The van der Waals surface area contributed by atoms with Crippen molar-refractivity contribution in [2.45, 2.75) is 45.8 Å². The predicted molar refractivity (Wildman–Crippen MR) is 86.5 cm³/mol. The molecule has 0 spiro atoms. The van der Waals surface area contributed by atoms with Gasteiger partial charge in [-0.25, -0.2) is 0 Å². The molecule has 0 radical (unpaired) electrons. The Balaban J connectivity index is 1.69. The van der Waals surface area contributed by atoms with Gasteiger partial charge in [0.25, 0.3) is 0 Å². The third kappa shape index (κ3) is 3.02. The number of carbonyl (C=O) groups is 1. The van der Waals surface area contributed by atoms with Crippen molar-refractivity contribution in [1.29, 1.82) is 0 Å². The van der Waals surface area contributed by atoms with Crippen molar-refractivity contribution in [2.75, 3.05) is 6.54 Å². The highest BCUT2D eigenvalue weighted by Crippen LogP contribution is 2.30. The van der Waals surface area contributed by atoms with Crippen LogP contribution in [0, 0.1) is 5.92 Å². The molecule has 0 aliphatic heterocycles. The van der Waals surface area contributed by atoms with Gasteiger partial charge < -0.3 is 14.5 Å². The van der Waals surface area contributed by atoms with Gasteiger partial charge in [0.2, 0.25) is 5.78 Å². The fourth-order valence-corrected chi connectivity index (χ4v) is 2.80. The lowest BCUT2D eigenvalue weighted by molar-refractivity contribution is 0.0859. The lowest BCUT2D eigenvalue weighted by Gasteiger charge is -2.35. The number of fused-ring (bicyclic) bond motifs is 1. The SMILES string of the molecule is CCN[C@H]1C[C@@H](Oc2ccc3cc(C(=O)C(C)C)oc3c2)C1. The van der Waals surface area contributed by atoms with Crippen LogP contribution in [0.25, 0.3) is 11.0 Å². The van der Waals surface area contributed by atoms with E-state index < -0.39 is 0 Å². The maximum absolute atomic E-state index is 12.0. The highest BCUT2D eigenvalue weighted by Gasteiger charge is 2.30. The maximum atomic E-state index is 12.0. The summed E-state index contributed by atoms with van der Waals surface area (Å²) in [6.45, 7) is 6.88. The summed E-state index contributed by atoms with van der Waals surface area (Å²) in [5.74, 6) is 1.21. The second kappa shape index (κ2) is 6.13. The number of ketones is 1. The van der Waals surface area contributed by atoms with Crippen LogP contribution in [-0.4, -0.2) is 24.5 Å². The average Bonchev–Trinajstić information content (AvgIpc) is 2.87. The van der Waals surface area contributed by atoms with E-state index in [1.54, 1.807) is 0 Å². The molecule has 118 valence electrons. The Bertz CT molecular complexity index is 668. The molecule has 1 aliphatic carbocycles. The molecule has 1 saturated carbocycles. The van der Waals surface area contributed by atoms with E-state index in [4.69, 9.17) is 9.15 Å². The lowest BCUT2D eigenvalue weighted by Crippen LogP contribution is -2.46. The van der Waals surface area contributed by atoms with E-state index in [9.17, 15) is 4.79 Å². The van der Waals surface area contributed by atoms with Crippen molar-refractivity contribution in [2.24, 2.45) is 5.92 Å². The van der Waals surface area contributed by atoms with Gasteiger partial charge >= 0.3 is 0 Å². The first kappa shape index (κ1) is 15.1. The number of Topliss-reactive ketones (excluding diaryl/α,β-unsaturated/α-hetero) is 1. The molecule has 4 nitrogen and oxygen atoms in total. The number of hydrogen-bond acceptors (Lipinski definition) is 4. The quantitative estimate of drug-likeness (QED) is 0.825. The van der Waals surface area contributed by atoms with E-state index in [-0.39, 0.29) is 17.8 Å². The van der Waals surface area contributed by atoms with E-state index >= 15 is 0 Å². The first-order valence-corrected chi connectivity index (χ1v) is 8.04. The minimum absolute atomic E-state index is 0.0335. The molecule has 1 aromatic heterocycles. The number of nitrogens with one attached hydrogen (secondary N) is 1. The molecular formula is C18H23NO3. The van der Waals surface area contributed by atoms with Gasteiger partial charge in [-0.2, -0.15) is 0 Å². The summed E-state index contributed by atoms with van der Waals surface area (Å²) in [5.41, 5.74) is 0.712. The Morgan fingerprint density at radius 2 is 2.14 bits per heavy atom. The smallest absolute Gasteiger partial charge is 0.200 e. The van der Waals surface area contributed by atoms with Crippen LogP contribution in [0.3, 0.4) is 0 Å². The summed E-state index contributed by atoms with van der Waals surface area (Å²) in [6.07, 6.45) is 2.36. The average molecular weight is 301 g/mol. The summed E-state index contributed by atoms with van der Waals surface area (Å²) in [4.78, 5) is 12.0. The molecule has 4 heteroatoms. The predicted octanol–water partition coefficient (Wildman–Crippen LogP) is 3.79. The van der Waals surface area contributed by atoms with E-state index in [1.807, 2.05) is 38.1 Å². The molecule has 1 aromatic carbocycles. The van der Waals surface area contributed by atoms with Gasteiger partial charge in [-0.05, 0) is 37.6 Å². The second-order valence-corrected chi connectivity index (χ2v) is 6.30. The zero-order valence-corrected chi connectivity index (χ0v) is 13.4. The van der Waals surface area contributed by atoms with Crippen molar-refractivity contribution in [1.82, 2.24) is 5.32 Å². The first-order valence-electron chi connectivity index (χ1n) is 8.04. The van der Waals surface area contributed by atoms with Gasteiger partial charge in [-0.3, -0.25) is 4.79 Å². The third-order valence-corrected chi connectivity index (χ3v) is 4.15. The molecule has 3 rings (SSSR count). The summed E-state index contributed by atoms with van der Waals surface area (Å²) in [6, 6.07) is 8.17. The Morgan fingerprint density at radius 1 is 1.36 bits per heavy atom. The number of hydrogen-bond donors (Lipinski definition) is 1. The van der Waals surface area contributed by atoms with Crippen molar-refractivity contribution in [3.63, 3.8) is 0 Å². The zero-order valence-electron chi connectivity index (χ0n) is 13.4. The molecule has 1 fully saturated rings. The van der Waals surface area contributed by atoms with Gasteiger partial charge in [0, 0.05) is 23.4 Å². The van der Waals surface area contributed by atoms with E-state index in [0.29, 0.717) is 17.4 Å². The van der Waals surface area contributed by atoms with Gasteiger partial charge in [0.1, 0.15) is 17.4 Å². The van der Waals surface area contributed by atoms with Crippen LogP contribution in [-0.2, 0) is 0 Å². The van der Waals surface area contributed by atoms with Crippen molar-refractivity contribution >= 4 is 16.8 Å². The normalized spacial score (nSPS) is 21.1. The van der Waals surface area contributed by atoms with Crippen LogP contribution < -0.4 is 10.1 Å². The number of furan rings is 1. The Hall–Kier alpha value is -1.81. The molecule has 1 heterocycles. The van der Waals surface area contributed by atoms with Gasteiger partial charge in [-0.15, -0.1) is 0 Å². The van der Waals surface area contributed by atoms with Crippen LogP contribution in [0.2, 0.25) is 0 Å². The van der Waals surface area contributed by atoms with Crippen molar-refractivity contribution < 1.29 is 13.9 Å². The summed E-state index contributed by atoms with van der Waals surface area (Å²) >= 11 is 0. The zero-order chi connectivity index (χ0) is 15.7. The first-order chi connectivity index (χ1) is 10.6. The summed E-state index contributed by atoms with van der Waals surface area (Å²) in [5, 5.41) is 4.36. The molecular weight excluding hydrogens is 278 g/mol. The minimum atomic E-state index is -0.0609. The molecule has 0 unspecified atom stereocenters. The number of benzene rings is 1. The molecule has 1 aliphatic rings. The van der Waals surface area contributed by atoms with Crippen LogP contribution in [0.5, 0.6) is 5.75 Å². The lowest BCUT2D eigenvalue weighted by atomic mass is 9.89. The number of ether oxygens (including phenoxy) is 1.